The highest BCUT2D eigenvalue weighted by Gasteiger charge is 2.40. The van der Waals surface area contributed by atoms with Gasteiger partial charge >= 0.3 is 12.1 Å². The summed E-state index contributed by atoms with van der Waals surface area (Å²) in [6.07, 6.45) is 16.1. The van der Waals surface area contributed by atoms with Gasteiger partial charge in [-0.2, -0.15) is 0 Å². The number of aliphatic carboxylic acids is 1. The molecule has 0 unspecified atom stereocenters. The van der Waals surface area contributed by atoms with Crippen molar-refractivity contribution in [2.45, 2.75) is 211 Å². The molecule has 11 amide bonds. The van der Waals surface area contributed by atoms with Gasteiger partial charge in [0.15, 0.2) is 0 Å². The predicted molar refractivity (Wildman–Crippen MR) is 433 cm³/mol. The smallest absolute Gasteiger partial charge is 0.407 e. The third kappa shape index (κ3) is 27.6. The molecule has 0 radical (unpaired) electrons. The number of carbonyl (C=O) groups is 12. The average Bonchev–Trinajstić information content (AvgIpc) is 1.61. The molecular formula is C81H110N24O14. The number of fused-ring (bicyclic) bond motifs is 3. The molecule has 38 nitrogen and oxygen atoms in total. The molecule has 8 aromatic rings. The molecule has 0 saturated carbocycles. The van der Waals surface area contributed by atoms with Crippen molar-refractivity contribution in [1.82, 2.24) is 118 Å². The van der Waals surface area contributed by atoms with Gasteiger partial charge in [0.05, 0.1) is 72.1 Å². The summed E-state index contributed by atoms with van der Waals surface area (Å²) < 4.78 is 5.84. The van der Waals surface area contributed by atoms with Gasteiger partial charge in [-0.1, -0.05) is 104 Å². The van der Waals surface area contributed by atoms with Gasteiger partial charge in [0.1, 0.15) is 73.1 Å². The van der Waals surface area contributed by atoms with Crippen molar-refractivity contribution in [2.75, 3.05) is 13.2 Å². The summed E-state index contributed by atoms with van der Waals surface area (Å²) >= 11 is 0. The number of benzene rings is 2. The van der Waals surface area contributed by atoms with E-state index in [1.165, 1.54) is 75.1 Å². The molecule has 2 aromatic carbocycles. The van der Waals surface area contributed by atoms with Gasteiger partial charge in [-0.3, -0.25) is 47.9 Å². The summed E-state index contributed by atoms with van der Waals surface area (Å²) in [7, 11) is 0. The Labute approximate surface area is 687 Å². The third-order valence-corrected chi connectivity index (χ3v) is 19.8. The molecule has 6 heterocycles. The maximum absolute atomic E-state index is 15.1. The quantitative estimate of drug-likeness (QED) is 0.0242. The Bertz CT molecular complexity index is 4550. The van der Waals surface area contributed by atoms with Crippen LogP contribution in [0.4, 0.5) is 4.79 Å². The number of imidazole rings is 6. The number of unbranched alkanes of at least 4 members (excludes halogenated alkanes) is 1. The van der Waals surface area contributed by atoms with Crippen LogP contribution in [-0.4, -0.2) is 216 Å². The Morgan fingerprint density at radius 2 is 0.580 bits per heavy atom. The molecule has 0 bridgehead atoms. The van der Waals surface area contributed by atoms with Crippen LogP contribution in [0, 0.1) is 23.7 Å². The van der Waals surface area contributed by atoms with Gasteiger partial charge in [0.25, 0.3) is 0 Å². The van der Waals surface area contributed by atoms with Crippen molar-refractivity contribution in [2.24, 2.45) is 29.4 Å². The van der Waals surface area contributed by atoms with E-state index in [2.05, 4.69) is 118 Å². The maximum Gasteiger partial charge on any atom is 0.407 e. The Morgan fingerprint density at radius 1 is 0.345 bits per heavy atom. The normalized spacial score (nSPS) is 14.6. The van der Waals surface area contributed by atoms with Crippen LogP contribution in [0.25, 0.3) is 11.1 Å². The van der Waals surface area contributed by atoms with Gasteiger partial charge in [-0.15, -0.1) is 0 Å². The van der Waals surface area contributed by atoms with E-state index in [1.54, 1.807) is 27.7 Å². The van der Waals surface area contributed by atoms with Crippen molar-refractivity contribution in [3.63, 3.8) is 0 Å². The second-order valence-corrected chi connectivity index (χ2v) is 31.4. The summed E-state index contributed by atoms with van der Waals surface area (Å²) in [4.78, 5) is 217. The fraction of sp³-hybridized carbons (Fsp3) is 0.481. The minimum absolute atomic E-state index is 0.00524. The Hall–Kier alpha value is -12.9. The zero-order chi connectivity index (χ0) is 85.7. The van der Waals surface area contributed by atoms with Crippen molar-refractivity contribution < 1.29 is 67.4 Å². The first-order valence-electron chi connectivity index (χ1n) is 40.0. The molecule has 0 saturated heterocycles. The molecule has 119 heavy (non-hydrogen) atoms. The fourth-order valence-corrected chi connectivity index (χ4v) is 14.0. The lowest BCUT2D eigenvalue weighted by Gasteiger charge is -2.29. The summed E-state index contributed by atoms with van der Waals surface area (Å²) in [5, 5.41) is 40.2. The third-order valence-electron chi connectivity index (χ3n) is 19.8. The highest BCUT2D eigenvalue weighted by Crippen LogP contribution is 2.44. The molecule has 0 fully saturated rings. The number of aromatic amines is 6. The molecule has 0 spiro atoms. The van der Waals surface area contributed by atoms with Crippen LogP contribution in [0.1, 0.15) is 152 Å². The largest absolute Gasteiger partial charge is 0.480 e. The molecule has 38 heteroatoms. The molecule has 20 N–H and O–H groups in total. The topological polar surface area (TPSA) is 565 Å². The molecule has 1 aliphatic carbocycles. The van der Waals surface area contributed by atoms with Crippen LogP contribution >= 0.6 is 0 Å². The molecule has 638 valence electrons. The van der Waals surface area contributed by atoms with Gasteiger partial charge in [0, 0.05) is 81.6 Å². The number of nitrogens with two attached hydrogens (primary N) is 1. The first-order valence-corrected chi connectivity index (χ1v) is 40.0. The monoisotopic (exact) mass is 1640 g/mol. The lowest BCUT2D eigenvalue weighted by Crippen LogP contribution is -2.61. The van der Waals surface area contributed by atoms with Crippen molar-refractivity contribution in [3.05, 3.63) is 169 Å². The summed E-state index contributed by atoms with van der Waals surface area (Å²) in [6.45, 7) is 14.8. The Kier molecular flexibility index (Phi) is 33.6. The van der Waals surface area contributed by atoms with Crippen LogP contribution in [-0.2, 0) is 96.0 Å². The van der Waals surface area contributed by atoms with Gasteiger partial charge in [-0.25, -0.2) is 39.5 Å². The zero-order valence-electron chi connectivity index (χ0n) is 67.9. The number of hydrogen-bond acceptors (Lipinski definition) is 20. The SMILES string of the molecule is CC(C)C[C@H](NC(=O)OCC1c2ccccc2-c2ccccc21)C(=O)N[C@@H](Cc1c[nH]cn1)C(=O)N[C@@H](Cc1c[nH]cn1)C(=O)N[C@@H](CC(C)C)C(=O)N[C@@H](CC(C)C)C(=O)N[C@@H](Cc1c[nH]cn1)C(=O)N[C@@H](Cc1c[nH]cn1)C(=O)N[C@@H](CC(C)C)C(=O)N[C@@H](Cc1c[nH]cn1)C(=O)N[C@@H](Cc1c[nH]cn1)C(=O)N[C@@H](CCCCN)C(=O)O. The van der Waals surface area contributed by atoms with E-state index in [0.717, 1.165) is 22.3 Å². The van der Waals surface area contributed by atoms with Crippen LogP contribution in [0.5, 0.6) is 0 Å². The number of carbonyl (C=O) groups excluding carboxylic acids is 11. The van der Waals surface area contributed by atoms with Crippen molar-refractivity contribution in [3.8, 4) is 11.1 Å². The predicted octanol–water partition coefficient (Wildman–Crippen LogP) is 1.93. The number of hydrogen-bond donors (Lipinski definition) is 19. The zero-order valence-corrected chi connectivity index (χ0v) is 67.9. The van der Waals surface area contributed by atoms with E-state index in [0.29, 0.717) is 53.5 Å². The Balaban J connectivity index is 0.898. The molecular weight excluding hydrogens is 1530 g/mol. The summed E-state index contributed by atoms with van der Waals surface area (Å²) in [6, 6.07) is 0.259. The number of aromatic nitrogens is 12. The summed E-state index contributed by atoms with van der Waals surface area (Å²) in [5.74, 6) is -11.0. The lowest BCUT2D eigenvalue weighted by atomic mass is 9.98. The summed E-state index contributed by atoms with van der Waals surface area (Å²) in [5.41, 5.74) is 11.6. The first-order chi connectivity index (χ1) is 57.1. The standard InChI is InChI=1S/C81H110N24O14/c1-44(2)21-60(97-75(111)65(26-49-32-84-39-90-49)104-79(115)69(30-53-36-88-43-94-53)101-73(109)63(24-47(7)8)105-81(118)119-37-58-56-17-11-9-15-54(56)55-16-10-12-18-57(55)58)70(106)96-61(22-45(3)4)71(107)99-68(29-52-35-87-42-93-52)78(114)103-66(27-50-33-85-40-91-50)76(112)98-62(23-46(5)6)72(108)100-67(28-51-34-86-41-92-51)77(113)102-64(25-48-31-83-38-89-48)74(110)95-59(80(116)117)19-13-14-20-82/h9-12,15-18,31-36,38-47,58-69H,13-14,19-30,37,82H2,1-8H3,(H,83,89)(H,84,90)(H,85,91)(H,86,92)(H,87,93)(H,88,94)(H,95,110)(H,96,106)(H,97,111)(H,98,112)(H,99,107)(H,100,108)(H,101,109)(H,102,113)(H,103,114)(H,104,115)(H,105,118)(H,116,117)/t59-,60-,61-,62-,63-,64-,65-,66-,67-,68-,69-/m0/s1. The van der Waals surface area contributed by atoms with E-state index in [9.17, 15) is 53.1 Å². The highest BCUT2D eigenvalue weighted by atomic mass is 16.5. The number of rotatable bonds is 48. The van der Waals surface area contributed by atoms with E-state index in [-0.39, 0.29) is 107 Å². The van der Waals surface area contributed by atoms with E-state index >= 15 is 9.59 Å². The van der Waals surface area contributed by atoms with E-state index in [1.807, 2.05) is 76.2 Å². The number of alkyl carbamates (subject to hydrolysis) is 1. The van der Waals surface area contributed by atoms with E-state index < -0.39 is 138 Å². The molecule has 9 rings (SSSR count). The fourth-order valence-electron chi connectivity index (χ4n) is 14.0. The van der Waals surface area contributed by atoms with E-state index in [4.69, 9.17) is 10.5 Å². The minimum Gasteiger partial charge on any atom is -0.480 e. The lowest BCUT2D eigenvalue weighted by molar-refractivity contribution is -0.142. The van der Waals surface area contributed by atoms with Gasteiger partial charge < -0.3 is 104 Å². The second-order valence-electron chi connectivity index (χ2n) is 31.4. The van der Waals surface area contributed by atoms with Crippen molar-refractivity contribution >= 4 is 71.1 Å². The first kappa shape index (κ1) is 90.0. The number of carboxylic acid groups (broad SMARTS) is 1. The second kappa shape index (κ2) is 44.4. The maximum atomic E-state index is 15.1. The number of amides is 11. The number of carboxylic acids is 1. The van der Waals surface area contributed by atoms with Crippen LogP contribution in [0.15, 0.2) is 124 Å². The van der Waals surface area contributed by atoms with Gasteiger partial charge in [-0.05, 0) is 97.4 Å². The van der Waals surface area contributed by atoms with Crippen molar-refractivity contribution in [1.29, 1.82) is 0 Å². The number of H-pyrrole nitrogens is 6. The van der Waals surface area contributed by atoms with Crippen LogP contribution < -0.4 is 64.2 Å². The highest BCUT2D eigenvalue weighted by molar-refractivity contribution is 5.99. The van der Waals surface area contributed by atoms with Gasteiger partial charge in [0.2, 0.25) is 59.1 Å². The van der Waals surface area contributed by atoms with Crippen LogP contribution in [0.3, 0.4) is 0 Å². The van der Waals surface area contributed by atoms with Crippen LogP contribution in [0.2, 0.25) is 0 Å². The number of nitrogens with one attached hydrogen (secondary N) is 17. The minimum atomic E-state index is -1.52. The molecule has 6 aromatic heterocycles. The Morgan fingerprint density at radius 3 is 0.815 bits per heavy atom. The molecule has 0 aliphatic heterocycles. The number of ether oxygens (including phenoxy) is 1. The average molecular weight is 1640 g/mol. The molecule has 11 atom stereocenters. The molecule has 1 aliphatic rings. The number of nitrogens with zero attached hydrogens (tertiary/aromatic N) is 6.